The van der Waals surface area contributed by atoms with Crippen molar-refractivity contribution in [1.29, 1.82) is 0 Å². The Morgan fingerprint density at radius 2 is 2.11 bits per heavy atom. The number of hydrazine groups is 1. The van der Waals surface area contributed by atoms with Crippen LogP contribution >= 0.6 is 12.4 Å². The molecule has 0 atom stereocenters. The Kier molecular flexibility index (Phi) is 14.1. The monoisotopic (exact) mass is 150 g/mol. The molecule has 0 aliphatic heterocycles. The van der Waals surface area contributed by atoms with Gasteiger partial charge in [-0.2, -0.15) is 0 Å². The van der Waals surface area contributed by atoms with Gasteiger partial charge >= 0.3 is 0 Å². The Hall–Kier alpha value is -0.0500. The van der Waals surface area contributed by atoms with E-state index < -0.39 is 0 Å². The number of nitrogens with two attached hydrogens (primary N) is 1. The average Bonchev–Trinajstić information content (AvgIpc) is 1.81. The Bertz CT molecular complexity index is 57.0. The van der Waals surface area contributed by atoms with E-state index in [4.69, 9.17) is 5.84 Å². The third kappa shape index (κ3) is 11.5. The van der Waals surface area contributed by atoms with Gasteiger partial charge in [0.1, 0.15) is 0 Å². The van der Waals surface area contributed by atoms with Gasteiger partial charge < -0.3 is 0 Å². The predicted octanol–water partition coefficient (Wildman–Crippen LogP) is 1.23. The fraction of sp³-hybridized carbons (Fsp3) is 0.667. The molecule has 0 saturated heterocycles. The number of unbranched alkanes of at least 4 members (excludes halogenated alkanes) is 2. The molecule has 0 unspecified atom stereocenters. The van der Waals surface area contributed by atoms with Crippen LogP contribution in [-0.2, 0) is 0 Å². The molecule has 0 spiro atoms. The SMILES string of the molecule is C=CCCCCNN.Cl. The maximum Gasteiger partial charge on any atom is 0.00975 e. The first-order valence-corrected chi connectivity index (χ1v) is 2.96. The lowest BCUT2D eigenvalue weighted by Crippen LogP contribution is -2.22. The molecule has 2 nitrogen and oxygen atoms in total. The van der Waals surface area contributed by atoms with Crippen molar-refractivity contribution in [3.8, 4) is 0 Å². The molecule has 9 heavy (non-hydrogen) atoms. The Labute approximate surface area is 62.9 Å². The highest BCUT2D eigenvalue weighted by molar-refractivity contribution is 5.85. The van der Waals surface area contributed by atoms with Gasteiger partial charge in [0.05, 0.1) is 0 Å². The molecule has 0 radical (unpaired) electrons. The summed E-state index contributed by atoms with van der Waals surface area (Å²) in [6.07, 6.45) is 5.36. The van der Waals surface area contributed by atoms with Crippen LogP contribution < -0.4 is 11.3 Å². The quantitative estimate of drug-likeness (QED) is 0.268. The molecule has 0 fully saturated rings. The molecule has 0 aromatic rings. The summed E-state index contributed by atoms with van der Waals surface area (Å²) in [6, 6.07) is 0. The highest BCUT2D eigenvalue weighted by atomic mass is 35.5. The van der Waals surface area contributed by atoms with Crippen LogP contribution in [-0.4, -0.2) is 6.54 Å². The zero-order valence-corrected chi connectivity index (χ0v) is 6.41. The molecular weight excluding hydrogens is 136 g/mol. The first-order valence-electron chi connectivity index (χ1n) is 2.96. The van der Waals surface area contributed by atoms with E-state index in [1.54, 1.807) is 0 Å². The number of halogens is 1. The maximum atomic E-state index is 5.03. The normalized spacial score (nSPS) is 8.11. The first kappa shape index (κ1) is 11.7. The number of hydrogen-bond donors (Lipinski definition) is 2. The minimum atomic E-state index is 0. The summed E-state index contributed by atoms with van der Waals surface area (Å²) in [7, 11) is 0. The van der Waals surface area contributed by atoms with Crippen molar-refractivity contribution < 1.29 is 0 Å². The van der Waals surface area contributed by atoms with Gasteiger partial charge in [-0.15, -0.1) is 19.0 Å². The van der Waals surface area contributed by atoms with Crippen molar-refractivity contribution in [2.45, 2.75) is 19.3 Å². The van der Waals surface area contributed by atoms with E-state index in [0.717, 1.165) is 19.4 Å². The van der Waals surface area contributed by atoms with Crippen molar-refractivity contribution in [3.05, 3.63) is 12.7 Å². The van der Waals surface area contributed by atoms with Crippen molar-refractivity contribution in [2.24, 2.45) is 5.84 Å². The number of allylic oxidation sites excluding steroid dienone is 1. The molecule has 0 bridgehead atoms. The van der Waals surface area contributed by atoms with Crippen LogP contribution in [0.3, 0.4) is 0 Å². The predicted molar refractivity (Wildman–Crippen MR) is 43.5 cm³/mol. The van der Waals surface area contributed by atoms with E-state index in [-0.39, 0.29) is 12.4 Å². The Morgan fingerprint density at radius 1 is 1.44 bits per heavy atom. The smallest absolute Gasteiger partial charge is 0.00975 e. The van der Waals surface area contributed by atoms with E-state index in [1.807, 2.05) is 6.08 Å². The molecule has 0 amide bonds. The molecule has 0 aliphatic rings. The molecule has 0 heterocycles. The third-order valence-corrected chi connectivity index (χ3v) is 0.979. The minimum absolute atomic E-state index is 0. The van der Waals surface area contributed by atoms with Gasteiger partial charge in [0.25, 0.3) is 0 Å². The lowest BCUT2D eigenvalue weighted by atomic mass is 10.2. The third-order valence-electron chi connectivity index (χ3n) is 0.979. The van der Waals surface area contributed by atoms with Crippen LogP contribution in [0.2, 0.25) is 0 Å². The van der Waals surface area contributed by atoms with Gasteiger partial charge in [0.2, 0.25) is 0 Å². The fourth-order valence-corrected chi connectivity index (χ4v) is 0.516. The maximum absolute atomic E-state index is 5.03. The largest absolute Gasteiger partial charge is 0.271 e. The van der Waals surface area contributed by atoms with Gasteiger partial charge in [-0.25, -0.2) is 0 Å². The Balaban J connectivity index is 0. The number of hydrogen-bond acceptors (Lipinski definition) is 2. The molecule has 3 N–H and O–H groups in total. The van der Waals surface area contributed by atoms with Crippen LogP contribution in [0.5, 0.6) is 0 Å². The van der Waals surface area contributed by atoms with Crippen molar-refractivity contribution in [3.63, 3.8) is 0 Å². The van der Waals surface area contributed by atoms with Crippen LogP contribution in [0.25, 0.3) is 0 Å². The first-order chi connectivity index (χ1) is 3.91. The molecule has 0 saturated carbocycles. The number of rotatable bonds is 5. The minimum Gasteiger partial charge on any atom is -0.271 e. The summed E-state index contributed by atoms with van der Waals surface area (Å²) in [4.78, 5) is 0. The van der Waals surface area contributed by atoms with E-state index >= 15 is 0 Å². The topological polar surface area (TPSA) is 38.0 Å². The molecule has 0 aliphatic carbocycles. The Morgan fingerprint density at radius 3 is 2.56 bits per heavy atom. The van der Waals surface area contributed by atoms with Gasteiger partial charge in [0.15, 0.2) is 0 Å². The van der Waals surface area contributed by atoms with Crippen molar-refractivity contribution in [1.82, 2.24) is 5.43 Å². The highest BCUT2D eigenvalue weighted by Crippen LogP contribution is 1.92. The summed E-state index contributed by atoms with van der Waals surface area (Å²) < 4.78 is 0. The molecule has 0 rings (SSSR count). The fourth-order valence-electron chi connectivity index (χ4n) is 0.516. The molecule has 3 heteroatoms. The van der Waals surface area contributed by atoms with Crippen molar-refractivity contribution in [2.75, 3.05) is 6.54 Å². The van der Waals surface area contributed by atoms with Crippen LogP contribution in [0.15, 0.2) is 12.7 Å². The van der Waals surface area contributed by atoms with E-state index in [2.05, 4.69) is 12.0 Å². The van der Waals surface area contributed by atoms with Gasteiger partial charge in [-0.05, 0) is 19.3 Å². The summed E-state index contributed by atoms with van der Waals surface area (Å²) in [6.45, 7) is 4.52. The zero-order chi connectivity index (χ0) is 6.24. The highest BCUT2D eigenvalue weighted by Gasteiger charge is 1.80. The summed E-state index contributed by atoms with van der Waals surface area (Å²) in [5.41, 5.74) is 2.59. The average molecular weight is 151 g/mol. The van der Waals surface area contributed by atoms with Crippen molar-refractivity contribution >= 4 is 12.4 Å². The standard InChI is InChI=1S/C6H14N2.ClH/c1-2-3-4-5-6-8-7;/h2,8H,1,3-7H2;1H. The van der Waals surface area contributed by atoms with Crippen LogP contribution in [0.1, 0.15) is 19.3 Å². The van der Waals surface area contributed by atoms with E-state index in [0.29, 0.717) is 0 Å². The second-order valence-electron chi connectivity index (χ2n) is 1.74. The molecule has 0 aromatic carbocycles. The lowest BCUT2D eigenvalue weighted by Gasteiger charge is -1.94. The van der Waals surface area contributed by atoms with Crippen LogP contribution in [0.4, 0.5) is 0 Å². The van der Waals surface area contributed by atoms with Crippen LogP contribution in [0, 0.1) is 0 Å². The van der Waals surface area contributed by atoms with Gasteiger partial charge in [-0.3, -0.25) is 11.3 Å². The second kappa shape index (κ2) is 10.8. The zero-order valence-electron chi connectivity index (χ0n) is 5.60. The summed E-state index contributed by atoms with van der Waals surface area (Å²) in [5.74, 6) is 5.03. The number of nitrogens with one attached hydrogen (secondary N) is 1. The summed E-state index contributed by atoms with van der Waals surface area (Å²) >= 11 is 0. The molecular formula is C6H15ClN2. The molecule has 0 aromatic heterocycles. The van der Waals surface area contributed by atoms with Gasteiger partial charge in [0, 0.05) is 6.54 Å². The molecule has 56 valence electrons. The van der Waals surface area contributed by atoms with E-state index in [9.17, 15) is 0 Å². The second-order valence-corrected chi connectivity index (χ2v) is 1.74. The van der Waals surface area contributed by atoms with E-state index in [1.165, 1.54) is 6.42 Å². The lowest BCUT2D eigenvalue weighted by molar-refractivity contribution is 0.651. The summed E-state index contributed by atoms with van der Waals surface area (Å²) in [5, 5.41) is 0. The van der Waals surface area contributed by atoms with Gasteiger partial charge in [-0.1, -0.05) is 6.08 Å².